The van der Waals surface area contributed by atoms with Gasteiger partial charge in [0.1, 0.15) is 0 Å². The van der Waals surface area contributed by atoms with E-state index in [4.69, 9.17) is 10.8 Å². The molecule has 1 fully saturated rings. The highest BCUT2D eigenvalue weighted by Crippen LogP contribution is 2.40. The zero-order chi connectivity index (χ0) is 10.6. The third kappa shape index (κ3) is 2.64. The summed E-state index contributed by atoms with van der Waals surface area (Å²) in [6.07, 6.45) is 3.18. The zero-order valence-corrected chi connectivity index (χ0v) is 9.48. The Labute approximate surface area is 89.4 Å². The van der Waals surface area contributed by atoms with Crippen LogP contribution in [0.5, 0.6) is 0 Å². The molecule has 0 radical (unpaired) electrons. The van der Waals surface area contributed by atoms with Crippen molar-refractivity contribution < 1.29 is 9.90 Å². The van der Waals surface area contributed by atoms with Gasteiger partial charge in [-0.2, -0.15) is 11.8 Å². The molecule has 1 rings (SSSR count). The summed E-state index contributed by atoms with van der Waals surface area (Å²) in [5.74, 6) is 1.35. The molecule has 1 saturated heterocycles. The molecule has 0 amide bonds. The molecule has 0 aliphatic carbocycles. The molecule has 0 aromatic carbocycles. The van der Waals surface area contributed by atoms with Crippen molar-refractivity contribution in [3.05, 3.63) is 0 Å². The third-order valence-electron chi connectivity index (χ3n) is 3.08. The van der Waals surface area contributed by atoms with Crippen LogP contribution in [0.25, 0.3) is 0 Å². The van der Waals surface area contributed by atoms with Crippen LogP contribution in [0.1, 0.15) is 32.6 Å². The molecule has 2 unspecified atom stereocenters. The van der Waals surface area contributed by atoms with Crippen molar-refractivity contribution in [3.8, 4) is 0 Å². The summed E-state index contributed by atoms with van der Waals surface area (Å²) in [6.45, 7) is 2.04. The second-order valence-electron chi connectivity index (χ2n) is 4.10. The quantitative estimate of drug-likeness (QED) is 0.752. The zero-order valence-electron chi connectivity index (χ0n) is 8.66. The topological polar surface area (TPSA) is 63.3 Å². The highest BCUT2D eigenvalue weighted by atomic mass is 32.2. The van der Waals surface area contributed by atoms with Gasteiger partial charge in [-0.3, -0.25) is 4.79 Å². The fourth-order valence-electron chi connectivity index (χ4n) is 2.17. The predicted octanol–water partition coefficient (Wildman–Crippen LogP) is 1.71. The average molecular weight is 217 g/mol. The van der Waals surface area contributed by atoms with Gasteiger partial charge in [-0.15, -0.1) is 0 Å². The largest absolute Gasteiger partial charge is 0.481 e. The first-order valence-electron chi connectivity index (χ1n) is 5.16. The Bertz CT molecular complexity index is 202. The molecule has 1 aliphatic heterocycles. The molecule has 0 saturated carbocycles. The lowest BCUT2D eigenvalue weighted by molar-refractivity contribution is -0.140. The smallest absolute Gasteiger partial charge is 0.303 e. The number of carboxylic acid groups (broad SMARTS) is 1. The van der Waals surface area contributed by atoms with E-state index >= 15 is 0 Å². The second kappa shape index (κ2) is 5.03. The molecule has 0 bridgehead atoms. The summed E-state index contributed by atoms with van der Waals surface area (Å²) in [6, 6.07) is 0.0337. The van der Waals surface area contributed by atoms with Crippen molar-refractivity contribution in [2.75, 3.05) is 11.5 Å². The molecule has 82 valence electrons. The first kappa shape index (κ1) is 11.9. The van der Waals surface area contributed by atoms with E-state index in [1.165, 1.54) is 0 Å². The van der Waals surface area contributed by atoms with E-state index in [1.807, 2.05) is 18.7 Å². The van der Waals surface area contributed by atoms with Crippen LogP contribution in [0, 0.1) is 5.41 Å². The van der Waals surface area contributed by atoms with E-state index < -0.39 is 5.97 Å². The average Bonchev–Trinajstić information content (AvgIpc) is 2.17. The van der Waals surface area contributed by atoms with E-state index in [9.17, 15) is 4.79 Å². The maximum Gasteiger partial charge on any atom is 0.303 e. The minimum Gasteiger partial charge on any atom is -0.481 e. The van der Waals surface area contributed by atoms with E-state index in [0.717, 1.165) is 30.8 Å². The van der Waals surface area contributed by atoms with Crippen LogP contribution in [0.4, 0.5) is 0 Å². The number of carboxylic acids is 1. The van der Waals surface area contributed by atoms with Crippen LogP contribution < -0.4 is 5.73 Å². The molecular formula is C10H19NO2S. The molecule has 1 heterocycles. The Balaban J connectivity index is 2.71. The van der Waals surface area contributed by atoms with Crippen molar-refractivity contribution in [1.29, 1.82) is 0 Å². The monoisotopic (exact) mass is 217 g/mol. The Morgan fingerprint density at radius 3 is 2.86 bits per heavy atom. The molecule has 1 aliphatic rings. The minimum absolute atomic E-state index is 0.0337. The lowest BCUT2D eigenvalue weighted by Crippen LogP contribution is -2.46. The van der Waals surface area contributed by atoms with Crippen LogP contribution in [0.2, 0.25) is 0 Å². The Hall–Kier alpha value is -0.220. The molecule has 0 aromatic rings. The number of rotatable bonds is 4. The van der Waals surface area contributed by atoms with Gasteiger partial charge >= 0.3 is 5.97 Å². The molecule has 3 N–H and O–H groups in total. The van der Waals surface area contributed by atoms with Crippen molar-refractivity contribution in [1.82, 2.24) is 0 Å². The summed E-state index contributed by atoms with van der Waals surface area (Å²) in [4.78, 5) is 10.8. The van der Waals surface area contributed by atoms with Gasteiger partial charge in [0.2, 0.25) is 0 Å². The summed E-state index contributed by atoms with van der Waals surface area (Å²) in [5.41, 5.74) is 5.90. The van der Waals surface area contributed by atoms with E-state index in [1.54, 1.807) is 0 Å². The standard InChI is InChI=1S/C10H19NO2S/c1-2-8(11)10(6-9(12)13)4-3-5-14-7-10/h8H,2-7,11H2,1H3,(H,12,13). The van der Waals surface area contributed by atoms with Gasteiger partial charge in [0.15, 0.2) is 0 Å². The van der Waals surface area contributed by atoms with E-state index in [0.29, 0.717) is 0 Å². The number of aliphatic carboxylic acids is 1. The van der Waals surface area contributed by atoms with E-state index in [-0.39, 0.29) is 17.9 Å². The fourth-order valence-corrected chi connectivity index (χ4v) is 3.53. The van der Waals surface area contributed by atoms with Crippen LogP contribution >= 0.6 is 11.8 Å². The summed E-state index contributed by atoms with van der Waals surface area (Å²) in [5, 5.41) is 8.91. The molecule has 14 heavy (non-hydrogen) atoms. The number of thioether (sulfide) groups is 1. The van der Waals surface area contributed by atoms with Crippen LogP contribution in [-0.2, 0) is 4.79 Å². The van der Waals surface area contributed by atoms with Gasteiger partial charge in [0.25, 0.3) is 0 Å². The van der Waals surface area contributed by atoms with E-state index in [2.05, 4.69) is 0 Å². The number of hydrogen-bond acceptors (Lipinski definition) is 3. The lowest BCUT2D eigenvalue weighted by atomic mass is 9.74. The van der Waals surface area contributed by atoms with Crippen LogP contribution in [0.15, 0.2) is 0 Å². The first-order valence-corrected chi connectivity index (χ1v) is 6.31. The Morgan fingerprint density at radius 2 is 2.43 bits per heavy atom. The van der Waals surface area contributed by atoms with Gasteiger partial charge in [0, 0.05) is 17.2 Å². The highest BCUT2D eigenvalue weighted by Gasteiger charge is 2.39. The van der Waals surface area contributed by atoms with Crippen molar-refractivity contribution >= 4 is 17.7 Å². The normalized spacial score (nSPS) is 29.9. The molecule has 2 atom stereocenters. The van der Waals surface area contributed by atoms with Gasteiger partial charge in [-0.25, -0.2) is 0 Å². The highest BCUT2D eigenvalue weighted by molar-refractivity contribution is 7.99. The second-order valence-corrected chi connectivity index (χ2v) is 5.21. The lowest BCUT2D eigenvalue weighted by Gasteiger charge is -2.40. The van der Waals surface area contributed by atoms with Crippen LogP contribution in [-0.4, -0.2) is 28.6 Å². The van der Waals surface area contributed by atoms with Gasteiger partial charge in [-0.1, -0.05) is 6.92 Å². The van der Waals surface area contributed by atoms with Crippen molar-refractivity contribution in [2.24, 2.45) is 11.1 Å². The molecule has 0 spiro atoms. The minimum atomic E-state index is -0.712. The van der Waals surface area contributed by atoms with Gasteiger partial charge in [0.05, 0.1) is 6.42 Å². The molecule has 0 aromatic heterocycles. The Kier molecular flexibility index (Phi) is 4.26. The predicted molar refractivity (Wildman–Crippen MR) is 59.5 cm³/mol. The van der Waals surface area contributed by atoms with Crippen LogP contribution in [0.3, 0.4) is 0 Å². The van der Waals surface area contributed by atoms with Crippen molar-refractivity contribution in [3.63, 3.8) is 0 Å². The van der Waals surface area contributed by atoms with Gasteiger partial charge < -0.3 is 10.8 Å². The number of hydrogen-bond donors (Lipinski definition) is 2. The SMILES string of the molecule is CCC(N)C1(CC(=O)O)CCCSC1. The van der Waals surface area contributed by atoms with Gasteiger partial charge in [-0.05, 0) is 25.0 Å². The third-order valence-corrected chi connectivity index (χ3v) is 4.44. The maximum atomic E-state index is 10.8. The molecule has 3 nitrogen and oxygen atoms in total. The summed E-state index contributed by atoms with van der Waals surface area (Å²) in [7, 11) is 0. The number of carbonyl (C=O) groups is 1. The molecule has 4 heteroatoms. The Morgan fingerprint density at radius 1 is 1.71 bits per heavy atom. The summed E-state index contributed by atoms with van der Waals surface area (Å²) < 4.78 is 0. The summed E-state index contributed by atoms with van der Waals surface area (Å²) >= 11 is 1.84. The molecular weight excluding hydrogens is 198 g/mol. The first-order chi connectivity index (χ1) is 6.60. The fraction of sp³-hybridized carbons (Fsp3) is 0.900. The number of nitrogens with two attached hydrogens (primary N) is 1. The maximum absolute atomic E-state index is 10.8. The van der Waals surface area contributed by atoms with Crippen molar-refractivity contribution in [2.45, 2.75) is 38.6 Å².